The Morgan fingerprint density at radius 2 is 1.90 bits per heavy atom. The maximum Gasteiger partial charge on any atom is 0.219 e. The Labute approximate surface area is 190 Å². The van der Waals surface area contributed by atoms with Crippen molar-refractivity contribution in [3.63, 3.8) is 0 Å². The molecule has 1 amide bonds. The van der Waals surface area contributed by atoms with Crippen LogP contribution >= 0.6 is 11.6 Å². The van der Waals surface area contributed by atoms with Crippen molar-refractivity contribution in [1.82, 2.24) is 9.88 Å². The van der Waals surface area contributed by atoms with E-state index in [9.17, 15) is 4.79 Å². The normalized spacial score (nSPS) is 17.5. The summed E-state index contributed by atoms with van der Waals surface area (Å²) in [4.78, 5) is 22.8. The van der Waals surface area contributed by atoms with Gasteiger partial charge in [0.2, 0.25) is 5.91 Å². The van der Waals surface area contributed by atoms with Crippen LogP contribution < -0.4 is 9.80 Å². The van der Waals surface area contributed by atoms with Crippen LogP contribution in [0.2, 0.25) is 5.02 Å². The number of likely N-dealkylation sites (tertiary alicyclic amines) is 1. The summed E-state index contributed by atoms with van der Waals surface area (Å²) in [6.45, 7) is 5.45. The van der Waals surface area contributed by atoms with E-state index in [0.29, 0.717) is 11.1 Å². The largest absolute Gasteiger partial charge is 0.357 e. The van der Waals surface area contributed by atoms with Crippen LogP contribution in [0.5, 0.6) is 0 Å². The molecule has 0 bridgehead atoms. The Hall–Kier alpha value is -2.53. The summed E-state index contributed by atoms with van der Waals surface area (Å²) in [7, 11) is 4.22. The molecule has 164 valence electrons. The summed E-state index contributed by atoms with van der Waals surface area (Å²) in [6, 6.07) is 11.1. The predicted molar refractivity (Wildman–Crippen MR) is 129 cm³/mol. The molecule has 2 aliphatic heterocycles. The van der Waals surface area contributed by atoms with E-state index in [1.54, 1.807) is 13.1 Å². The molecule has 1 aromatic carbocycles. The average Bonchev–Trinajstić information content (AvgIpc) is 2.90. The van der Waals surface area contributed by atoms with E-state index in [4.69, 9.17) is 11.6 Å². The molecule has 0 atom stereocenters. The SMILES string of the molecule is CC(=O)N1CCC(N(C)c2cc(C3=C(C)CCc4ccccc4N3C)c(Cl)cn2)CC1. The van der Waals surface area contributed by atoms with Gasteiger partial charge in [0.15, 0.2) is 0 Å². The lowest BCUT2D eigenvalue weighted by atomic mass is 10.0. The van der Waals surface area contributed by atoms with Crippen LogP contribution in [-0.2, 0) is 11.2 Å². The van der Waals surface area contributed by atoms with E-state index in [2.05, 4.69) is 66.1 Å². The van der Waals surface area contributed by atoms with Gasteiger partial charge in [-0.05, 0) is 55.9 Å². The van der Waals surface area contributed by atoms with Gasteiger partial charge < -0.3 is 14.7 Å². The van der Waals surface area contributed by atoms with Gasteiger partial charge in [-0.15, -0.1) is 0 Å². The third kappa shape index (κ3) is 4.29. The summed E-state index contributed by atoms with van der Waals surface area (Å²) in [5.41, 5.74) is 6.11. The Bertz CT molecular complexity index is 1010. The lowest BCUT2D eigenvalue weighted by molar-refractivity contribution is -0.129. The minimum Gasteiger partial charge on any atom is -0.357 e. The van der Waals surface area contributed by atoms with Crippen LogP contribution in [0.3, 0.4) is 0 Å². The maximum absolute atomic E-state index is 11.7. The summed E-state index contributed by atoms with van der Waals surface area (Å²) in [5.74, 6) is 1.08. The van der Waals surface area contributed by atoms with Crippen molar-refractivity contribution < 1.29 is 4.79 Å². The Morgan fingerprint density at radius 3 is 2.61 bits per heavy atom. The Morgan fingerprint density at radius 1 is 1.19 bits per heavy atom. The first-order valence-electron chi connectivity index (χ1n) is 11.0. The van der Waals surface area contributed by atoms with Gasteiger partial charge in [-0.3, -0.25) is 4.79 Å². The fraction of sp³-hybridized carbons (Fsp3) is 0.440. The number of fused-ring (bicyclic) bond motifs is 1. The molecule has 5 nitrogen and oxygen atoms in total. The van der Waals surface area contributed by atoms with Crippen molar-refractivity contribution in [2.24, 2.45) is 0 Å². The van der Waals surface area contributed by atoms with Gasteiger partial charge >= 0.3 is 0 Å². The first kappa shape index (κ1) is 21.7. The second-order valence-corrected chi connectivity index (χ2v) is 9.09. The topological polar surface area (TPSA) is 39.7 Å². The first-order chi connectivity index (χ1) is 14.9. The predicted octanol–water partition coefficient (Wildman–Crippen LogP) is 5.00. The van der Waals surface area contributed by atoms with Gasteiger partial charge in [-0.1, -0.05) is 29.8 Å². The standard InChI is InChI=1S/C25H31ClN4O/c1-17-9-10-19-7-5-6-8-23(19)29(4)25(17)21-15-24(27-16-22(21)26)28(3)20-11-13-30(14-12-20)18(2)31/h5-8,15-16,20H,9-14H2,1-4H3. The number of amides is 1. The molecule has 0 N–H and O–H groups in total. The molecule has 3 heterocycles. The zero-order chi connectivity index (χ0) is 22.1. The maximum atomic E-state index is 11.7. The van der Waals surface area contributed by atoms with E-state index < -0.39 is 0 Å². The minimum atomic E-state index is 0.159. The van der Waals surface area contributed by atoms with Gasteiger partial charge in [0.25, 0.3) is 0 Å². The average molecular weight is 439 g/mol. The van der Waals surface area contributed by atoms with Crippen molar-refractivity contribution in [1.29, 1.82) is 0 Å². The zero-order valence-electron chi connectivity index (χ0n) is 18.9. The number of hydrogen-bond donors (Lipinski definition) is 0. The first-order valence-corrected chi connectivity index (χ1v) is 11.4. The highest BCUT2D eigenvalue weighted by atomic mass is 35.5. The lowest BCUT2D eigenvalue weighted by Crippen LogP contribution is -2.45. The van der Waals surface area contributed by atoms with Gasteiger partial charge in [-0.2, -0.15) is 0 Å². The van der Waals surface area contributed by atoms with Crippen LogP contribution in [0.4, 0.5) is 11.5 Å². The van der Waals surface area contributed by atoms with Crippen molar-refractivity contribution in [3.8, 4) is 0 Å². The molecule has 0 spiro atoms. The highest BCUT2D eigenvalue weighted by Crippen LogP contribution is 2.38. The number of anilines is 2. The number of aryl methyl sites for hydroxylation is 1. The van der Waals surface area contributed by atoms with E-state index in [1.807, 2.05) is 4.90 Å². The number of nitrogens with zero attached hydrogens (tertiary/aromatic N) is 4. The molecule has 0 unspecified atom stereocenters. The molecule has 31 heavy (non-hydrogen) atoms. The second-order valence-electron chi connectivity index (χ2n) is 8.69. The van der Waals surface area contributed by atoms with Crippen LogP contribution in [0.15, 0.2) is 42.1 Å². The molecule has 0 radical (unpaired) electrons. The van der Waals surface area contributed by atoms with Crippen LogP contribution in [0, 0.1) is 0 Å². The molecule has 4 rings (SSSR count). The number of carbonyl (C=O) groups excluding carboxylic acids is 1. The number of hydrogen-bond acceptors (Lipinski definition) is 4. The summed E-state index contributed by atoms with van der Waals surface area (Å²) < 4.78 is 0. The molecule has 6 heteroatoms. The molecule has 1 aromatic heterocycles. The number of aromatic nitrogens is 1. The van der Waals surface area contributed by atoms with E-state index in [-0.39, 0.29) is 5.91 Å². The van der Waals surface area contributed by atoms with Crippen molar-refractivity contribution >= 4 is 34.7 Å². The number of para-hydroxylation sites is 1. The van der Waals surface area contributed by atoms with Crippen molar-refractivity contribution in [2.75, 3.05) is 37.0 Å². The van der Waals surface area contributed by atoms with Gasteiger partial charge in [0.1, 0.15) is 5.82 Å². The highest BCUT2D eigenvalue weighted by molar-refractivity contribution is 6.32. The number of halogens is 1. The molecule has 2 aliphatic rings. The quantitative estimate of drug-likeness (QED) is 0.676. The van der Waals surface area contributed by atoms with Crippen LogP contribution in [-0.4, -0.2) is 49.0 Å². The number of piperidine rings is 1. The number of carbonyl (C=O) groups is 1. The number of allylic oxidation sites excluding steroid dienone is 1. The van der Waals surface area contributed by atoms with Crippen molar-refractivity contribution in [3.05, 3.63) is 58.3 Å². The Balaban J connectivity index is 1.64. The molecule has 0 aliphatic carbocycles. The van der Waals surface area contributed by atoms with Crippen LogP contribution in [0.25, 0.3) is 5.70 Å². The molecule has 1 fully saturated rings. The van der Waals surface area contributed by atoms with Gasteiger partial charge in [0, 0.05) is 63.3 Å². The number of rotatable bonds is 3. The van der Waals surface area contributed by atoms with E-state index in [0.717, 1.165) is 50.2 Å². The summed E-state index contributed by atoms with van der Waals surface area (Å²) in [6.07, 6.45) is 5.71. The lowest BCUT2D eigenvalue weighted by Gasteiger charge is -2.37. The third-order valence-corrected chi connectivity index (χ3v) is 7.08. The summed E-state index contributed by atoms with van der Waals surface area (Å²) >= 11 is 6.70. The second kappa shape index (κ2) is 8.91. The monoisotopic (exact) mass is 438 g/mol. The fourth-order valence-corrected chi connectivity index (χ4v) is 5.06. The molecular formula is C25H31ClN4O. The van der Waals surface area contributed by atoms with Gasteiger partial charge in [-0.25, -0.2) is 4.98 Å². The molecule has 2 aromatic rings. The van der Waals surface area contributed by atoms with Gasteiger partial charge in [0.05, 0.1) is 5.02 Å². The van der Waals surface area contributed by atoms with E-state index in [1.165, 1.54) is 22.5 Å². The Kier molecular flexibility index (Phi) is 6.24. The smallest absolute Gasteiger partial charge is 0.219 e. The number of benzene rings is 1. The van der Waals surface area contributed by atoms with Crippen LogP contribution in [0.1, 0.15) is 44.2 Å². The summed E-state index contributed by atoms with van der Waals surface area (Å²) in [5, 5.41) is 0.670. The fourth-order valence-electron chi connectivity index (χ4n) is 4.86. The molecule has 1 saturated heterocycles. The minimum absolute atomic E-state index is 0.159. The highest BCUT2D eigenvalue weighted by Gasteiger charge is 2.26. The van der Waals surface area contributed by atoms with Crippen molar-refractivity contribution in [2.45, 2.75) is 45.6 Å². The third-order valence-electron chi connectivity index (χ3n) is 6.78. The number of pyridine rings is 1. The molecular weight excluding hydrogens is 408 g/mol. The van der Waals surface area contributed by atoms with E-state index >= 15 is 0 Å². The molecule has 0 saturated carbocycles. The zero-order valence-corrected chi connectivity index (χ0v) is 19.6.